The first-order valence-electron chi connectivity index (χ1n) is 15.4. The van der Waals surface area contributed by atoms with Gasteiger partial charge in [0, 0.05) is 34.9 Å². The van der Waals surface area contributed by atoms with Gasteiger partial charge in [0.1, 0.15) is 0 Å². The second kappa shape index (κ2) is 11.3. The molecule has 0 amide bonds. The summed E-state index contributed by atoms with van der Waals surface area (Å²) in [5.41, 5.74) is 8.17. The molecule has 214 valence electrons. The van der Waals surface area contributed by atoms with E-state index in [2.05, 4.69) is 193 Å². The number of hydrogen-bond donors (Lipinski definition) is 0. The Morgan fingerprint density at radius 1 is 0.333 bits per heavy atom. The molecule has 8 aromatic carbocycles. The molecule has 0 heterocycles. The predicted molar refractivity (Wildman–Crippen MR) is 194 cm³/mol. The highest BCUT2D eigenvalue weighted by atomic mass is 15.1. The molecule has 0 radical (unpaired) electrons. The van der Waals surface area contributed by atoms with Gasteiger partial charge in [0.2, 0.25) is 0 Å². The largest absolute Gasteiger partial charge is 0.345 e. The molecule has 0 saturated carbocycles. The SMILES string of the molecule is CN(c1ccc(-c2ccc(N(c3cccc4ccccc34)c3cccc4ccccc34)cc2)cc1)c1ccc2ccccc2c1. The number of rotatable bonds is 6. The van der Waals surface area contributed by atoms with Gasteiger partial charge in [-0.05, 0) is 81.2 Å². The van der Waals surface area contributed by atoms with Crippen molar-refractivity contribution in [3.05, 3.63) is 176 Å². The fourth-order valence-corrected chi connectivity index (χ4v) is 6.43. The lowest BCUT2D eigenvalue weighted by Gasteiger charge is -2.28. The number of anilines is 5. The maximum atomic E-state index is 2.40. The first-order chi connectivity index (χ1) is 22.2. The summed E-state index contributed by atoms with van der Waals surface area (Å²) in [5, 5.41) is 7.41. The highest BCUT2D eigenvalue weighted by molar-refractivity contribution is 6.04. The summed E-state index contributed by atoms with van der Waals surface area (Å²) in [4.78, 5) is 4.64. The molecule has 2 nitrogen and oxygen atoms in total. The lowest BCUT2D eigenvalue weighted by molar-refractivity contribution is 1.21. The van der Waals surface area contributed by atoms with Crippen LogP contribution in [-0.2, 0) is 0 Å². The second-order valence-corrected chi connectivity index (χ2v) is 11.5. The Labute approximate surface area is 264 Å². The van der Waals surface area contributed by atoms with Crippen LogP contribution in [0.2, 0.25) is 0 Å². The molecule has 8 aromatic rings. The normalized spacial score (nSPS) is 11.2. The van der Waals surface area contributed by atoms with Gasteiger partial charge in [-0.3, -0.25) is 0 Å². The monoisotopic (exact) mass is 576 g/mol. The first kappa shape index (κ1) is 26.7. The summed E-state index contributed by atoms with van der Waals surface area (Å²) in [7, 11) is 2.13. The van der Waals surface area contributed by atoms with Gasteiger partial charge in [-0.2, -0.15) is 0 Å². The van der Waals surface area contributed by atoms with E-state index in [1.54, 1.807) is 0 Å². The Balaban J connectivity index is 1.15. The van der Waals surface area contributed by atoms with Crippen molar-refractivity contribution in [3.63, 3.8) is 0 Å². The average molecular weight is 577 g/mol. The molecule has 0 fully saturated rings. The van der Waals surface area contributed by atoms with Crippen LogP contribution in [-0.4, -0.2) is 7.05 Å². The van der Waals surface area contributed by atoms with Crippen LogP contribution in [0.25, 0.3) is 43.4 Å². The summed E-state index contributed by atoms with van der Waals surface area (Å²) >= 11 is 0. The van der Waals surface area contributed by atoms with E-state index in [1.165, 1.54) is 60.5 Å². The third-order valence-corrected chi connectivity index (χ3v) is 8.85. The van der Waals surface area contributed by atoms with Gasteiger partial charge in [-0.15, -0.1) is 0 Å². The molecule has 8 rings (SSSR count). The van der Waals surface area contributed by atoms with Crippen LogP contribution in [0, 0.1) is 0 Å². The number of fused-ring (bicyclic) bond motifs is 3. The topological polar surface area (TPSA) is 6.48 Å². The zero-order valence-corrected chi connectivity index (χ0v) is 25.1. The summed E-state index contributed by atoms with van der Waals surface area (Å²) in [6.45, 7) is 0. The molecule has 0 spiro atoms. The third-order valence-electron chi connectivity index (χ3n) is 8.85. The molecule has 2 heteroatoms. The third kappa shape index (κ3) is 4.97. The minimum Gasteiger partial charge on any atom is -0.345 e. The summed E-state index contributed by atoms with van der Waals surface area (Å²) in [6.07, 6.45) is 0. The van der Waals surface area contributed by atoms with Gasteiger partial charge in [-0.1, -0.05) is 127 Å². The van der Waals surface area contributed by atoms with Crippen molar-refractivity contribution in [1.82, 2.24) is 0 Å². The van der Waals surface area contributed by atoms with Gasteiger partial charge in [0.25, 0.3) is 0 Å². The molecular formula is C43H32N2. The van der Waals surface area contributed by atoms with Crippen molar-refractivity contribution >= 4 is 60.8 Å². The summed E-state index contributed by atoms with van der Waals surface area (Å²) in [6, 6.07) is 63.3. The lowest BCUT2D eigenvalue weighted by Crippen LogP contribution is -2.11. The van der Waals surface area contributed by atoms with E-state index in [1.807, 2.05) is 0 Å². The van der Waals surface area contributed by atoms with Crippen molar-refractivity contribution in [2.45, 2.75) is 0 Å². The zero-order valence-electron chi connectivity index (χ0n) is 25.1. The lowest BCUT2D eigenvalue weighted by atomic mass is 10.0. The molecule has 0 aliphatic rings. The van der Waals surface area contributed by atoms with E-state index in [4.69, 9.17) is 0 Å². The maximum Gasteiger partial charge on any atom is 0.0540 e. The average Bonchev–Trinajstić information content (AvgIpc) is 3.12. The van der Waals surface area contributed by atoms with Crippen molar-refractivity contribution in [1.29, 1.82) is 0 Å². The highest BCUT2D eigenvalue weighted by Gasteiger charge is 2.17. The predicted octanol–water partition coefficient (Wildman–Crippen LogP) is 12.1. The number of benzene rings is 8. The second-order valence-electron chi connectivity index (χ2n) is 11.5. The Morgan fingerprint density at radius 3 is 1.36 bits per heavy atom. The Morgan fingerprint density at radius 2 is 0.778 bits per heavy atom. The van der Waals surface area contributed by atoms with Gasteiger partial charge in [-0.25, -0.2) is 0 Å². The van der Waals surface area contributed by atoms with Crippen LogP contribution in [0.15, 0.2) is 176 Å². The van der Waals surface area contributed by atoms with E-state index >= 15 is 0 Å². The Hall–Kier alpha value is -5.86. The van der Waals surface area contributed by atoms with E-state index in [0.29, 0.717) is 0 Å². The summed E-state index contributed by atoms with van der Waals surface area (Å²) in [5.74, 6) is 0. The molecule has 0 unspecified atom stereocenters. The van der Waals surface area contributed by atoms with Gasteiger partial charge in [0.05, 0.1) is 11.4 Å². The minimum absolute atomic E-state index is 1.12. The molecule has 0 N–H and O–H groups in total. The highest BCUT2D eigenvalue weighted by Crippen LogP contribution is 2.42. The van der Waals surface area contributed by atoms with Crippen molar-refractivity contribution < 1.29 is 0 Å². The van der Waals surface area contributed by atoms with Crippen LogP contribution in [0.1, 0.15) is 0 Å². The quantitative estimate of drug-likeness (QED) is 0.194. The fraction of sp³-hybridized carbons (Fsp3) is 0.0233. The molecule has 0 aliphatic heterocycles. The van der Waals surface area contributed by atoms with Crippen LogP contribution in [0.3, 0.4) is 0 Å². The van der Waals surface area contributed by atoms with Gasteiger partial charge < -0.3 is 9.80 Å². The number of hydrogen-bond acceptors (Lipinski definition) is 2. The van der Waals surface area contributed by atoms with E-state index in [-0.39, 0.29) is 0 Å². The molecule has 45 heavy (non-hydrogen) atoms. The van der Waals surface area contributed by atoms with E-state index < -0.39 is 0 Å². The van der Waals surface area contributed by atoms with Gasteiger partial charge >= 0.3 is 0 Å². The summed E-state index contributed by atoms with van der Waals surface area (Å²) < 4.78 is 0. The molecule has 0 aliphatic carbocycles. The Bertz CT molecular complexity index is 2190. The smallest absolute Gasteiger partial charge is 0.0540 e. The molecule has 0 atom stereocenters. The fourth-order valence-electron chi connectivity index (χ4n) is 6.43. The first-order valence-corrected chi connectivity index (χ1v) is 15.4. The van der Waals surface area contributed by atoms with Crippen LogP contribution < -0.4 is 9.80 Å². The molecular weight excluding hydrogens is 544 g/mol. The van der Waals surface area contributed by atoms with Gasteiger partial charge in [0.15, 0.2) is 0 Å². The Kier molecular flexibility index (Phi) is 6.73. The minimum atomic E-state index is 1.12. The van der Waals surface area contributed by atoms with Crippen LogP contribution in [0.5, 0.6) is 0 Å². The van der Waals surface area contributed by atoms with E-state index in [0.717, 1.165) is 11.4 Å². The number of nitrogens with zero attached hydrogens (tertiary/aromatic N) is 2. The van der Waals surface area contributed by atoms with Crippen molar-refractivity contribution in [2.24, 2.45) is 0 Å². The zero-order chi connectivity index (χ0) is 30.2. The molecule has 0 bridgehead atoms. The van der Waals surface area contributed by atoms with Crippen LogP contribution >= 0.6 is 0 Å². The maximum absolute atomic E-state index is 2.40. The van der Waals surface area contributed by atoms with Crippen molar-refractivity contribution in [3.8, 4) is 11.1 Å². The molecule has 0 saturated heterocycles. The standard InChI is InChI=1S/C43H32N2/c1-44(39-29-24-31-10-2-3-13-36(31)30-39)37-25-20-32(21-26-37)33-22-27-38(28-23-33)45(42-18-8-14-34-11-4-6-16-40(34)42)43-19-9-15-35-12-5-7-17-41(35)43/h2-30H,1H3. The van der Waals surface area contributed by atoms with E-state index in [9.17, 15) is 0 Å². The van der Waals surface area contributed by atoms with Crippen LogP contribution in [0.4, 0.5) is 28.4 Å². The van der Waals surface area contributed by atoms with Crippen molar-refractivity contribution in [2.75, 3.05) is 16.8 Å². The molecule has 0 aromatic heterocycles.